The molecule has 4 aliphatic rings. The van der Waals surface area contributed by atoms with Gasteiger partial charge in [-0.15, -0.1) is 6.58 Å². The summed E-state index contributed by atoms with van der Waals surface area (Å²) in [5.74, 6) is -0.964. The van der Waals surface area contributed by atoms with Crippen LogP contribution in [0.4, 0.5) is 0 Å². The van der Waals surface area contributed by atoms with Crippen molar-refractivity contribution >= 4 is 11.9 Å². The first-order chi connectivity index (χ1) is 52.4. The average molecular weight is 1460 g/mol. The molecule has 12 rings (SSSR count). The van der Waals surface area contributed by atoms with E-state index in [0.29, 0.717) is 0 Å². The largest absolute Gasteiger partial charge is 0.454 e. The van der Waals surface area contributed by atoms with Gasteiger partial charge in [-0.2, -0.15) is 0 Å². The Kier molecular flexibility index (Phi) is 29.5. The summed E-state index contributed by atoms with van der Waals surface area (Å²) in [5.41, 5.74) is 7.08. The Bertz CT molecular complexity index is 3880. The van der Waals surface area contributed by atoms with Crippen molar-refractivity contribution in [3.8, 4) is 0 Å². The number of hydrogen-bond acceptors (Lipinski definition) is 19. The molecule has 4 heterocycles. The van der Waals surface area contributed by atoms with Crippen LogP contribution in [0, 0.1) is 0 Å². The van der Waals surface area contributed by atoms with E-state index in [0.717, 1.165) is 44.5 Å². The Hall–Kier alpha value is -8.20. The lowest BCUT2D eigenvalue weighted by molar-refractivity contribution is -0.400. The van der Waals surface area contributed by atoms with Crippen LogP contribution in [-0.2, 0) is 143 Å². The van der Waals surface area contributed by atoms with E-state index in [1.165, 1.54) is 13.8 Å². The first kappa shape index (κ1) is 78.4. The number of esters is 1. The van der Waals surface area contributed by atoms with Crippen LogP contribution in [0.1, 0.15) is 79.1 Å². The van der Waals surface area contributed by atoms with Crippen LogP contribution in [0.5, 0.6) is 0 Å². The summed E-state index contributed by atoms with van der Waals surface area (Å²) >= 11 is 0. The molecule has 4 fully saturated rings. The second-order valence-corrected chi connectivity index (χ2v) is 27.2. The molecule has 566 valence electrons. The molecule has 0 spiro atoms. The molecule has 0 unspecified atom stereocenters. The molecule has 0 saturated carbocycles. The van der Waals surface area contributed by atoms with Gasteiger partial charge in [-0.05, 0) is 65.3 Å². The van der Waals surface area contributed by atoms with E-state index in [2.05, 4.69) is 11.9 Å². The fourth-order valence-electron chi connectivity index (χ4n) is 13.9. The molecule has 8 aromatic carbocycles. The van der Waals surface area contributed by atoms with Crippen LogP contribution in [0.3, 0.4) is 0 Å². The standard InChI is InChI=1S/C87H99NO19/c1-7-48-91-84-72(88-61(5)89)77(96-53-67-40-24-12-25-41-67)76(95-52-66-38-22-11-23-39-66)71(105-84)57-100-85-81(78(97-54-68-42-26-13-27-43-68)73(58(2)101-85)92-49-63-32-16-8-17-33-63)106-87-83(80(99-56-70-46-30-15-31-47-70)75(60(4)103-87)94-51-65-36-20-10-21-37-65)107-86-82(104-62(6)90)79(98-55-69-44-28-14-29-45-69)74(59(3)102-86)93-50-64-34-18-9-19-35-64/h7-47,58-60,71-87H,1,48-57H2,2-6H3,(H,88,89)/t58-,59-,60-,71+,72+,73-,74-,75-,76+,77+,78+,79+,80+,81+,82+,83+,84-,85+,86-,87-/m0/s1. The van der Waals surface area contributed by atoms with Crippen LogP contribution in [0.2, 0.25) is 0 Å². The number of rotatable bonds is 36. The van der Waals surface area contributed by atoms with Gasteiger partial charge in [-0.3, -0.25) is 9.59 Å². The lowest BCUT2D eigenvalue weighted by Gasteiger charge is -2.51. The second-order valence-electron chi connectivity index (χ2n) is 27.2. The van der Waals surface area contributed by atoms with E-state index in [-0.39, 0.29) is 72.0 Å². The predicted molar refractivity (Wildman–Crippen MR) is 397 cm³/mol. The van der Waals surface area contributed by atoms with Gasteiger partial charge in [0, 0.05) is 13.8 Å². The van der Waals surface area contributed by atoms with Crippen molar-refractivity contribution in [3.05, 3.63) is 300 Å². The molecule has 20 heteroatoms. The van der Waals surface area contributed by atoms with Gasteiger partial charge in [-0.1, -0.05) is 249 Å². The van der Waals surface area contributed by atoms with Crippen molar-refractivity contribution < 1.29 is 90.1 Å². The summed E-state index contributed by atoms with van der Waals surface area (Å²) in [6, 6.07) is 77.4. The molecule has 4 aliphatic heterocycles. The normalized spacial score (nSPS) is 28.6. The number of carbonyl (C=O) groups excluding carboxylic acids is 2. The monoisotopic (exact) mass is 1460 g/mol. The van der Waals surface area contributed by atoms with Gasteiger partial charge in [0.05, 0.1) is 84.4 Å². The highest BCUT2D eigenvalue weighted by Gasteiger charge is 2.58. The average Bonchev–Trinajstić information content (AvgIpc) is 0.768. The number of hydrogen-bond donors (Lipinski definition) is 1. The third-order valence-corrected chi connectivity index (χ3v) is 19.2. The molecule has 4 saturated heterocycles. The quantitative estimate of drug-likeness (QED) is 0.0286. The summed E-state index contributed by atoms with van der Waals surface area (Å²) in [4.78, 5) is 27.2. The fraction of sp³-hybridized carbons (Fsp3) is 0.402. The molecule has 20 nitrogen and oxygen atoms in total. The van der Waals surface area contributed by atoms with Gasteiger partial charge in [0.25, 0.3) is 0 Å². The van der Waals surface area contributed by atoms with Gasteiger partial charge < -0.3 is 85.8 Å². The molecule has 0 bridgehead atoms. The van der Waals surface area contributed by atoms with Crippen LogP contribution in [-0.4, -0.2) is 148 Å². The van der Waals surface area contributed by atoms with Crippen molar-refractivity contribution in [2.45, 2.75) is 210 Å². The van der Waals surface area contributed by atoms with Gasteiger partial charge in [0.1, 0.15) is 73.2 Å². The van der Waals surface area contributed by atoms with Crippen LogP contribution >= 0.6 is 0 Å². The molecule has 107 heavy (non-hydrogen) atoms. The smallest absolute Gasteiger partial charge is 0.303 e. The zero-order valence-corrected chi connectivity index (χ0v) is 61.3. The zero-order valence-electron chi connectivity index (χ0n) is 61.3. The van der Waals surface area contributed by atoms with Crippen LogP contribution in [0.15, 0.2) is 255 Å². The molecule has 1 amide bonds. The zero-order chi connectivity index (χ0) is 74.1. The minimum atomic E-state index is -1.44. The summed E-state index contributed by atoms with van der Waals surface area (Å²) in [7, 11) is 0. The van der Waals surface area contributed by atoms with E-state index in [1.807, 2.05) is 263 Å². The second kappa shape index (κ2) is 40.3. The Morgan fingerprint density at radius 1 is 0.327 bits per heavy atom. The Morgan fingerprint density at radius 2 is 0.607 bits per heavy atom. The molecule has 1 N–H and O–H groups in total. The summed E-state index contributed by atoms with van der Waals surface area (Å²) in [5, 5.41) is 3.09. The summed E-state index contributed by atoms with van der Waals surface area (Å²) in [6.45, 7) is 13.3. The van der Waals surface area contributed by atoms with E-state index in [9.17, 15) is 9.59 Å². The molecule has 0 radical (unpaired) electrons. The lowest BCUT2D eigenvalue weighted by Crippen LogP contribution is -2.68. The summed E-state index contributed by atoms with van der Waals surface area (Å²) in [6.07, 6.45) is -18.2. The Balaban J connectivity index is 0.966. The van der Waals surface area contributed by atoms with Crippen molar-refractivity contribution in [1.82, 2.24) is 5.32 Å². The van der Waals surface area contributed by atoms with E-state index >= 15 is 0 Å². The van der Waals surface area contributed by atoms with Crippen molar-refractivity contribution in [1.29, 1.82) is 0 Å². The minimum Gasteiger partial charge on any atom is -0.454 e. The van der Waals surface area contributed by atoms with Crippen LogP contribution in [0.25, 0.3) is 0 Å². The van der Waals surface area contributed by atoms with Gasteiger partial charge in [-0.25, -0.2) is 0 Å². The topological polar surface area (TPSA) is 203 Å². The van der Waals surface area contributed by atoms with E-state index in [1.54, 1.807) is 6.08 Å². The van der Waals surface area contributed by atoms with Gasteiger partial charge >= 0.3 is 5.97 Å². The SMILES string of the molecule is C=CCO[C@H]1O[C@H](CO[C@@H]2O[C@@H](C)[C@H](OCc3ccccc3)[C@@H](OCc3ccccc3)[C@H]2O[C@@H]2O[C@@H](C)[C@H](OCc3ccccc3)[C@@H](OCc3ccccc3)[C@H]2O[C@@H]2O[C@@H](C)[C@H](OCc3ccccc3)[C@@H](OCc3ccccc3)[C@H]2OC(C)=O)[C@@H](OCc2ccccc2)[C@H](OCc2ccccc2)[C@H]1NC(C)=O. The third kappa shape index (κ3) is 22.3. The van der Waals surface area contributed by atoms with E-state index < -0.39 is 129 Å². The van der Waals surface area contributed by atoms with Crippen molar-refractivity contribution in [3.63, 3.8) is 0 Å². The first-order valence-electron chi connectivity index (χ1n) is 36.9. The molecular weight excluding hydrogens is 1360 g/mol. The lowest BCUT2D eigenvalue weighted by atomic mass is 9.95. The van der Waals surface area contributed by atoms with Crippen molar-refractivity contribution in [2.24, 2.45) is 0 Å². The first-order valence-corrected chi connectivity index (χ1v) is 36.9. The molecule has 0 aromatic heterocycles. The number of nitrogens with one attached hydrogen (secondary N) is 1. The third-order valence-electron chi connectivity index (χ3n) is 19.2. The predicted octanol–water partition coefficient (Wildman–Crippen LogP) is 13.1. The highest BCUT2D eigenvalue weighted by atomic mass is 16.8. The number of amides is 1. The molecular formula is C87H99NO19. The number of ether oxygens (including phenoxy) is 17. The maximum absolute atomic E-state index is 13.8. The van der Waals surface area contributed by atoms with Crippen molar-refractivity contribution in [2.75, 3.05) is 13.2 Å². The minimum absolute atomic E-state index is 0.0624. The molecule has 8 aromatic rings. The Morgan fingerprint density at radius 3 is 0.925 bits per heavy atom. The maximum atomic E-state index is 13.8. The van der Waals surface area contributed by atoms with Gasteiger partial charge in [0.2, 0.25) is 5.91 Å². The maximum Gasteiger partial charge on any atom is 0.303 e. The summed E-state index contributed by atoms with van der Waals surface area (Å²) < 4.78 is 120. The molecule has 20 atom stereocenters. The molecule has 0 aliphatic carbocycles. The van der Waals surface area contributed by atoms with E-state index in [4.69, 9.17) is 80.5 Å². The van der Waals surface area contributed by atoms with Gasteiger partial charge in [0.15, 0.2) is 31.3 Å². The highest BCUT2D eigenvalue weighted by molar-refractivity contribution is 5.73. The number of carbonyl (C=O) groups is 2. The fourth-order valence-corrected chi connectivity index (χ4v) is 13.9. The Labute approximate surface area is 627 Å². The number of benzene rings is 8. The van der Waals surface area contributed by atoms with Crippen LogP contribution < -0.4 is 5.32 Å². The highest BCUT2D eigenvalue weighted by Crippen LogP contribution is 2.40.